The first-order valence-electron chi connectivity index (χ1n) is 6.22. The molecule has 18 heavy (non-hydrogen) atoms. The number of nitrogens with one attached hydrogen (secondary N) is 2. The van der Waals surface area contributed by atoms with Crippen molar-refractivity contribution in [1.29, 1.82) is 0 Å². The smallest absolute Gasteiger partial charge is 0.243 e. The lowest BCUT2D eigenvalue weighted by Gasteiger charge is -2.31. The zero-order valence-electron chi connectivity index (χ0n) is 10.6. The van der Waals surface area contributed by atoms with Crippen LogP contribution in [0.4, 0.5) is 0 Å². The van der Waals surface area contributed by atoms with Gasteiger partial charge in [0.25, 0.3) is 0 Å². The van der Waals surface area contributed by atoms with Crippen molar-refractivity contribution in [3.8, 4) is 0 Å². The molecule has 1 unspecified atom stereocenters. The number of hydrogen-bond acceptors (Lipinski definition) is 2. The van der Waals surface area contributed by atoms with E-state index in [-0.39, 0.29) is 17.7 Å². The Morgan fingerprint density at radius 3 is 2.33 bits per heavy atom. The summed E-state index contributed by atoms with van der Waals surface area (Å²) < 4.78 is 0. The van der Waals surface area contributed by atoms with Gasteiger partial charge in [-0.2, -0.15) is 0 Å². The summed E-state index contributed by atoms with van der Waals surface area (Å²) >= 11 is 0. The van der Waals surface area contributed by atoms with Crippen molar-refractivity contribution in [2.45, 2.75) is 32.4 Å². The molecular weight excluding hydrogens is 228 g/mol. The number of hydrogen-bond donors (Lipinski definition) is 2. The van der Waals surface area contributed by atoms with E-state index in [9.17, 15) is 9.59 Å². The van der Waals surface area contributed by atoms with Crippen molar-refractivity contribution in [2.24, 2.45) is 5.92 Å². The highest BCUT2D eigenvalue weighted by Crippen LogP contribution is 2.10. The molecule has 0 radical (unpaired) electrons. The lowest BCUT2D eigenvalue weighted by Crippen LogP contribution is -2.63. The molecule has 0 bridgehead atoms. The average Bonchev–Trinajstić information content (AvgIpc) is 2.34. The van der Waals surface area contributed by atoms with Gasteiger partial charge in [0.2, 0.25) is 11.8 Å². The molecule has 96 valence electrons. The van der Waals surface area contributed by atoms with Crippen LogP contribution in [0.2, 0.25) is 0 Å². The number of piperazine rings is 1. The average molecular weight is 246 g/mol. The predicted molar refractivity (Wildman–Crippen MR) is 68.8 cm³/mol. The van der Waals surface area contributed by atoms with E-state index in [4.69, 9.17) is 0 Å². The summed E-state index contributed by atoms with van der Waals surface area (Å²) in [5, 5.41) is 5.58. The van der Waals surface area contributed by atoms with Crippen LogP contribution in [0.15, 0.2) is 30.3 Å². The molecule has 1 heterocycles. The molecular formula is C14H18N2O2. The standard InChI is InChI=1S/C14H18N2O2/c1-9(2)12-14(18)15-11(13(17)16-12)8-10-6-4-3-5-7-10/h3-7,9,11-12H,8H2,1-2H3,(H,15,18)(H,16,17)/t11-,12?/m0/s1. The van der Waals surface area contributed by atoms with Crippen molar-refractivity contribution in [1.82, 2.24) is 10.6 Å². The first-order valence-corrected chi connectivity index (χ1v) is 6.22. The third kappa shape index (κ3) is 2.70. The van der Waals surface area contributed by atoms with E-state index in [1.54, 1.807) is 0 Å². The molecule has 0 aromatic heterocycles. The molecule has 2 amide bonds. The fraction of sp³-hybridized carbons (Fsp3) is 0.429. The van der Waals surface area contributed by atoms with Gasteiger partial charge in [-0.15, -0.1) is 0 Å². The van der Waals surface area contributed by atoms with Crippen molar-refractivity contribution in [3.63, 3.8) is 0 Å². The van der Waals surface area contributed by atoms with Crippen LogP contribution >= 0.6 is 0 Å². The third-order valence-electron chi connectivity index (χ3n) is 3.16. The van der Waals surface area contributed by atoms with E-state index in [0.717, 1.165) is 5.56 Å². The summed E-state index contributed by atoms with van der Waals surface area (Å²) in [7, 11) is 0. The minimum atomic E-state index is -0.463. The molecule has 1 aromatic carbocycles. The molecule has 4 nitrogen and oxygen atoms in total. The zero-order valence-corrected chi connectivity index (χ0v) is 10.6. The first kappa shape index (κ1) is 12.6. The fourth-order valence-electron chi connectivity index (χ4n) is 2.11. The Hall–Kier alpha value is -1.84. The Kier molecular flexibility index (Phi) is 3.65. The van der Waals surface area contributed by atoms with Gasteiger partial charge in [0.05, 0.1) is 0 Å². The lowest BCUT2D eigenvalue weighted by molar-refractivity contribution is -0.137. The number of amides is 2. The van der Waals surface area contributed by atoms with Gasteiger partial charge in [0.1, 0.15) is 12.1 Å². The molecule has 1 aromatic rings. The van der Waals surface area contributed by atoms with E-state index in [1.807, 2.05) is 44.2 Å². The maximum atomic E-state index is 11.9. The van der Waals surface area contributed by atoms with Crippen molar-refractivity contribution >= 4 is 11.8 Å². The molecule has 0 aliphatic carbocycles. The Morgan fingerprint density at radius 1 is 1.06 bits per heavy atom. The van der Waals surface area contributed by atoms with Crippen LogP contribution in [0.3, 0.4) is 0 Å². The molecule has 2 N–H and O–H groups in total. The van der Waals surface area contributed by atoms with E-state index in [2.05, 4.69) is 10.6 Å². The molecule has 0 saturated carbocycles. The summed E-state index contributed by atoms with van der Waals surface area (Å²) in [4.78, 5) is 23.8. The van der Waals surface area contributed by atoms with E-state index in [1.165, 1.54) is 0 Å². The van der Waals surface area contributed by atoms with Gasteiger partial charge in [0.15, 0.2) is 0 Å². The quantitative estimate of drug-likeness (QED) is 0.831. The van der Waals surface area contributed by atoms with Crippen LogP contribution < -0.4 is 10.6 Å². The second kappa shape index (κ2) is 5.21. The highest BCUT2D eigenvalue weighted by atomic mass is 16.2. The number of benzene rings is 1. The van der Waals surface area contributed by atoms with Crippen LogP contribution in [0, 0.1) is 5.92 Å². The summed E-state index contributed by atoms with van der Waals surface area (Å²) in [5.41, 5.74) is 1.04. The van der Waals surface area contributed by atoms with Crippen LogP contribution in [0.1, 0.15) is 19.4 Å². The summed E-state index contributed by atoms with van der Waals surface area (Å²) in [6.45, 7) is 3.84. The third-order valence-corrected chi connectivity index (χ3v) is 3.16. The van der Waals surface area contributed by atoms with Gasteiger partial charge < -0.3 is 10.6 Å². The van der Waals surface area contributed by atoms with E-state index < -0.39 is 12.1 Å². The van der Waals surface area contributed by atoms with E-state index >= 15 is 0 Å². The second-order valence-electron chi connectivity index (χ2n) is 4.98. The number of carbonyl (C=O) groups is 2. The Morgan fingerprint density at radius 2 is 1.72 bits per heavy atom. The van der Waals surface area contributed by atoms with Crippen LogP contribution in [-0.2, 0) is 16.0 Å². The highest BCUT2D eigenvalue weighted by molar-refractivity contribution is 5.97. The molecule has 1 aliphatic rings. The molecule has 0 spiro atoms. The highest BCUT2D eigenvalue weighted by Gasteiger charge is 2.34. The van der Waals surface area contributed by atoms with Crippen LogP contribution in [0.25, 0.3) is 0 Å². The second-order valence-corrected chi connectivity index (χ2v) is 4.98. The fourth-order valence-corrected chi connectivity index (χ4v) is 2.11. The molecule has 1 aliphatic heterocycles. The molecule has 2 rings (SSSR count). The SMILES string of the molecule is CC(C)C1NC(=O)[C@H](Cc2ccccc2)NC1=O. The van der Waals surface area contributed by atoms with Gasteiger partial charge in [-0.05, 0) is 11.5 Å². The van der Waals surface area contributed by atoms with Gasteiger partial charge in [-0.25, -0.2) is 0 Å². The Labute approximate surface area is 107 Å². The van der Waals surface area contributed by atoms with Gasteiger partial charge in [-0.1, -0.05) is 44.2 Å². The maximum absolute atomic E-state index is 11.9. The molecule has 1 fully saturated rings. The first-order chi connectivity index (χ1) is 8.58. The lowest BCUT2D eigenvalue weighted by atomic mass is 9.97. The monoisotopic (exact) mass is 246 g/mol. The number of carbonyl (C=O) groups excluding carboxylic acids is 2. The molecule has 1 saturated heterocycles. The molecule has 2 atom stereocenters. The van der Waals surface area contributed by atoms with Crippen molar-refractivity contribution < 1.29 is 9.59 Å². The predicted octanol–water partition coefficient (Wildman–Crippen LogP) is 0.868. The van der Waals surface area contributed by atoms with Crippen LogP contribution in [-0.4, -0.2) is 23.9 Å². The minimum absolute atomic E-state index is 0.0921. The normalized spacial score (nSPS) is 23.7. The van der Waals surface area contributed by atoms with Gasteiger partial charge in [-0.3, -0.25) is 9.59 Å². The van der Waals surface area contributed by atoms with Crippen LogP contribution in [0.5, 0.6) is 0 Å². The largest absolute Gasteiger partial charge is 0.342 e. The molecule has 4 heteroatoms. The number of rotatable bonds is 3. The summed E-state index contributed by atoms with van der Waals surface area (Å²) in [6, 6.07) is 8.81. The summed E-state index contributed by atoms with van der Waals surface area (Å²) in [5.74, 6) is -0.0886. The van der Waals surface area contributed by atoms with Gasteiger partial charge >= 0.3 is 0 Å². The van der Waals surface area contributed by atoms with Gasteiger partial charge in [0, 0.05) is 6.42 Å². The van der Waals surface area contributed by atoms with E-state index in [0.29, 0.717) is 6.42 Å². The zero-order chi connectivity index (χ0) is 13.1. The Bertz CT molecular complexity index is 442. The Balaban J connectivity index is 2.04. The summed E-state index contributed by atoms with van der Waals surface area (Å²) in [6.07, 6.45) is 0.531. The topological polar surface area (TPSA) is 58.2 Å². The van der Waals surface area contributed by atoms with Crippen molar-refractivity contribution in [2.75, 3.05) is 0 Å². The van der Waals surface area contributed by atoms with Crippen molar-refractivity contribution in [3.05, 3.63) is 35.9 Å². The maximum Gasteiger partial charge on any atom is 0.243 e. The minimum Gasteiger partial charge on any atom is -0.342 e.